The maximum atomic E-state index is 12.4. The molecule has 0 aliphatic carbocycles. The number of aromatic nitrogens is 3. The second-order valence-electron chi connectivity index (χ2n) is 5.77. The number of nitrogens with one attached hydrogen (secondary N) is 1. The number of thiazole rings is 1. The average Bonchev–Trinajstić information content (AvgIpc) is 3.28. The van der Waals surface area contributed by atoms with Gasteiger partial charge >= 0.3 is 5.97 Å². The Labute approximate surface area is 160 Å². The van der Waals surface area contributed by atoms with Gasteiger partial charge in [0.15, 0.2) is 0 Å². The fourth-order valence-corrected chi connectivity index (χ4v) is 3.09. The molecule has 0 aliphatic rings. The highest BCUT2D eigenvalue weighted by Gasteiger charge is 2.14. The van der Waals surface area contributed by atoms with Crippen molar-refractivity contribution in [1.82, 2.24) is 20.1 Å². The summed E-state index contributed by atoms with van der Waals surface area (Å²) in [5, 5.41) is 9.26. The molecule has 0 radical (unpaired) electrons. The van der Waals surface area contributed by atoms with Crippen LogP contribution in [0, 0.1) is 0 Å². The van der Waals surface area contributed by atoms with Gasteiger partial charge in [-0.05, 0) is 11.6 Å². The Balaban J connectivity index is 1.68. The van der Waals surface area contributed by atoms with E-state index in [2.05, 4.69) is 15.4 Å². The van der Waals surface area contributed by atoms with E-state index in [0.717, 1.165) is 16.1 Å². The van der Waals surface area contributed by atoms with Crippen LogP contribution < -0.4 is 5.32 Å². The second-order valence-corrected chi connectivity index (χ2v) is 6.63. The number of carbonyl (C=O) groups is 2. The number of nitrogens with zero attached hydrogens (tertiary/aromatic N) is 3. The van der Waals surface area contributed by atoms with Crippen molar-refractivity contribution in [3.63, 3.8) is 0 Å². The minimum absolute atomic E-state index is 0.0152. The zero-order valence-corrected chi connectivity index (χ0v) is 15.7. The zero-order chi connectivity index (χ0) is 19.2. The summed E-state index contributed by atoms with van der Waals surface area (Å²) in [6.45, 7) is 1.36. The number of ether oxygens (including phenoxy) is 1. The summed E-state index contributed by atoms with van der Waals surface area (Å²) in [6, 6.07) is 9.22. The van der Waals surface area contributed by atoms with Crippen LogP contribution >= 0.6 is 11.3 Å². The van der Waals surface area contributed by atoms with Crippen molar-refractivity contribution in [2.24, 2.45) is 7.05 Å². The second kappa shape index (κ2) is 8.41. The predicted octanol–water partition coefficient (Wildman–Crippen LogP) is 2.76. The Bertz CT molecular complexity index is 976. The average molecular weight is 382 g/mol. The molecule has 2 heterocycles. The molecule has 1 amide bonds. The number of hydrogen-bond donors (Lipinski definition) is 1. The number of amides is 1. The summed E-state index contributed by atoms with van der Waals surface area (Å²) in [7, 11) is 1.84. The summed E-state index contributed by atoms with van der Waals surface area (Å²) in [5.41, 5.74) is 2.40. The highest BCUT2D eigenvalue weighted by molar-refractivity contribution is 7.13. The van der Waals surface area contributed by atoms with E-state index in [1.165, 1.54) is 18.3 Å². The predicted molar refractivity (Wildman–Crippen MR) is 102 cm³/mol. The largest absolute Gasteiger partial charge is 0.454 e. The van der Waals surface area contributed by atoms with E-state index in [-0.39, 0.29) is 18.2 Å². The molecular formula is C19H18N4O3S. The molecule has 1 aromatic carbocycles. The van der Waals surface area contributed by atoms with Gasteiger partial charge in [0.2, 0.25) is 5.91 Å². The zero-order valence-electron chi connectivity index (χ0n) is 14.9. The van der Waals surface area contributed by atoms with Crippen LogP contribution in [0.15, 0.2) is 53.8 Å². The van der Waals surface area contributed by atoms with Gasteiger partial charge in [-0.2, -0.15) is 5.10 Å². The third-order valence-electron chi connectivity index (χ3n) is 3.50. The van der Waals surface area contributed by atoms with E-state index in [4.69, 9.17) is 4.74 Å². The van der Waals surface area contributed by atoms with E-state index in [0.29, 0.717) is 5.69 Å². The van der Waals surface area contributed by atoms with Gasteiger partial charge in [0.25, 0.3) is 0 Å². The number of esters is 1. The minimum atomic E-state index is -0.620. The van der Waals surface area contributed by atoms with E-state index < -0.39 is 5.97 Å². The van der Waals surface area contributed by atoms with Gasteiger partial charge < -0.3 is 10.1 Å². The fourth-order valence-electron chi connectivity index (χ4n) is 2.31. The number of carbonyl (C=O) groups excluding carboxylic acids is 2. The lowest BCUT2D eigenvalue weighted by Crippen LogP contribution is -2.26. The molecule has 27 heavy (non-hydrogen) atoms. The smallest absolute Gasteiger partial charge is 0.355 e. The van der Waals surface area contributed by atoms with E-state index in [9.17, 15) is 9.59 Å². The molecule has 7 nitrogen and oxygen atoms in total. The molecule has 8 heteroatoms. The van der Waals surface area contributed by atoms with Crippen LogP contribution in [-0.4, -0.2) is 26.6 Å². The molecule has 138 valence electrons. The van der Waals surface area contributed by atoms with Gasteiger partial charge in [0.05, 0.1) is 11.9 Å². The van der Waals surface area contributed by atoms with E-state index in [1.54, 1.807) is 17.0 Å². The van der Waals surface area contributed by atoms with Gasteiger partial charge in [-0.3, -0.25) is 9.48 Å². The van der Waals surface area contributed by atoms with Crippen molar-refractivity contribution in [3.05, 3.63) is 65.1 Å². The summed E-state index contributed by atoms with van der Waals surface area (Å²) < 4.78 is 7.02. The SMILES string of the molecule is CC(=O)NC(=Cc1ccccc1)C(=O)OCc1csc(-c2cnn(C)c2)n1. The molecule has 0 aliphatic heterocycles. The van der Waals surface area contributed by atoms with Crippen LogP contribution in [0.25, 0.3) is 16.6 Å². The molecule has 3 rings (SSSR count). The number of aryl methyl sites for hydroxylation is 1. The Hall–Kier alpha value is -3.26. The van der Waals surface area contributed by atoms with Crippen molar-refractivity contribution in [2.45, 2.75) is 13.5 Å². The first-order chi connectivity index (χ1) is 13.0. The van der Waals surface area contributed by atoms with Crippen molar-refractivity contribution < 1.29 is 14.3 Å². The van der Waals surface area contributed by atoms with Crippen LogP contribution in [-0.2, 0) is 28.0 Å². The van der Waals surface area contributed by atoms with Crippen LogP contribution in [0.4, 0.5) is 0 Å². The van der Waals surface area contributed by atoms with Crippen LogP contribution in [0.3, 0.4) is 0 Å². The monoisotopic (exact) mass is 382 g/mol. The molecule has 0 spiro atoms. The Morgan fingerprint density at radius 3 is 2.74 bits per heavy atom. The molecule has 0 fully saturated rings. The maximum absolute atomic E-state index is 12.4. The van der Waals surface area contributed by atoms with Gasteiger partial charge in [-0.25, -0.2) is 9.78 Å². The first-order valence-corrected chi connectivity index (χ1v) is 9.04. The first kappa shape index (κ1) is 18.5. The van der Waals surface area contributed by atoms with Crippen molar-refractivity contribution in [3.8, 4) is 10.6 Å². The van der Waals surface area contributed by atoms with Gasteiger partial charge in [0.1, 0.15) is 17.3 Å². The molecular weight excluding hydrogens is 364 g/mol. The summed E-state index contributed by atoms with van der Waals surface area (Å²) >= 11 is 1.45. The van der Waals surface area contributed by atoms with Crippen molar-refractivity contribution in [2.75, 3.05) is 0 Å². The molecule has 0 atom stereocenters. The molecule has 2 aromatic heterocycles. The van der Waals surface area contributed by atoms with Crippen LogP contribution in [0.5, 0.6) is 0 Å². The van der Waals surface area contributed by atoms with E-state index in [1.807, 2.05) is 49.0 Å². The molecule has 0 unspecified atom stereocenters. The number of hydrogen-bond acceptors (Lipinski definition) is 6. The van der Waals surface area contributed by atoms with E-state index >= 15 is 0 Å². The lowest BCUT2D eigenvalue weighted by Gasteiger charge is -2.08. The van der Waals surface area contributed by atoms with Crippen molar-refractivity contribution >= 4 is 29.3 Å². The maximum Gasteiger partial charge on any atom is 0.355 e. The molecule has 0 saturated carbocycles. The van der Waals surface area contributed by atoms with Gasteiger partial charge in [0, 0.05) is 31.1 Å². The minimum Gasteiger partial charge on any atom is -0.454 e. The van der Waals surface area contributed by atoms with Crippen LogP contribution in [0.2, 0.25) is 0 Å². The topological polar surface area (TPSA) is 86.1 Å². The fraction of sp³-hybridized carbons (Fsp3) is 0.158. The Morgan fingerprint density at radius 1 is 1.30 bits per heavy atom. The third kappa shape index (κ3) is 5.11. The lowest BCUT2D eigenvalue weighted by molar-refractivity contribution is -0.141. The van der Waals surface area contributed by atoms with Crippen LogP contribution in [0.1, 0.15) is 18.2 Å². The molecule has 0 bridgehead atoms. The molecule has 3 aromatic rings. The number of benzene rings is 1. The first-order valence-electron chi connectivity index (χ1n) is 8.16. The third-order valence-corrected chi connectivity index (χ3v) is 4.44. The number of rotatable bonds is 6. The summed E-state index contributed by atoms with van der Waals surface area (Å²) in [6.07, 6.45) is 5.17. The Morgan fingerprint density at radius 2 is 2.07 bits per heavy atom. The van der Waals surface area contributed by atoms with Gasteiger partial charge in [-0.1, -0.05) is 30.3 Å². The standard InChI is InChI=1S/C19H18N4O3S/c1-13(24)21-17(8-14-6-4-3-5-7-14)19(25)26-11-16-12-27-18(22-16)15-9-20-23(2)10-15/h3-10,12H,11H2,1-2H3,(H,21,24). The quantitative estimate of drug-likeness (QED) is 0.523. The normalized spacial score (nSPS) is 11.3. The summed E-state index contributed by atoms with van der Waals surface area (Å²) in [4.78, 5) is 28.3. The van der Waals surface area contributed by atoms with Crippen molar-refractivity contribution in [1.29, 1.82) is 0 Å². The highest BCUT2D eigenvalue weighted by atomic mass is 32.1. The lowest BCUT2D eigenvalue weighted by atomic mass is 10.2. The highest BCUT2D eigenvalue weighted by Crippen LogP contribution is 2.23. The Kier molecular flexibility index (Phi) is 5.77. The van der Waals surface area contributed by atoms with Gasteiger partial charge in [-0.15, -0.1) is 11.3 Å². The molecule has 1 N–H and O–H groups in total. The summed E-state index contributed by atoms with van der Waals surface area (Å²) in [5.74, 6) is -0.966. The molecule has 0 saturated heterocycles.